The van der Waals surface area contributed by atoms with Gasteiger partial charge in [-0.2, -0.15) is 0 Å². The zero-order chi connectivity index (χ0) is 13.1. The molecule has 1 N–H and O–H groups in total. The predicted molar refractivity (Wildman–Crippen MR) is 71.8 cm³/mol. The van der Waals surface area contributed by atoms with Crippen molar-refractivity contribution >= 4 is 11.7 Å². The maximum atomic E-state index is 11.2. The number of carboxylic acid groups (broad SMARTS) is 1. The van der Waals surface area contributed by atoms with Crippen molar-refractivity contribution < 1.29 is 9.90 Å². The van der Waals surface area contributed by atoms with Crippen molar-refractivity contribution in [3.8, 4) is 0 Å². The summed E-state index contributed by atoms with van der Waals surface area (Å²) in [4.78, 5) is 15.3. The van der Waals surface area contributed by atoms with Gasteiger partial charge >= 0.3 is 5.97 Å². The van der Waals surface area contributed by atoms with Crippen LogP contribution in [0.2, 0.25) is 0 Å². The molecule has 1 atom stereocenters. The number of hydrogen-bond donors (Lipinski definition) is 1. The fourth-order valence-electron chi connectivity index (χ4n) is 2.59. The maximum Gasteiger partial charge on any atom is 0.320 e. The van der Waals surface area contributed by atoms with Gasteiger partial charge in [-0.1, -0.05) is 18.2 Å². The SMILES string of the molecule is CN(C)c1ccccc1CN1CCC[C@@H]1C(=O)O. The van der Waals surface area contributed by atoms with Crippen molar-refractivity contribution in [1.29, 1.82) is 0 Å². The van der Waals surface area contributed by atoms with E-state index in [-0.39, 0.29) is 6.04 Å². The molecule has 1 aliphatic heterocycles. The molecule has 0 bridgehead atoms. The van der Waals surface area contributed by atoms with E-state index in [1.54, 1.807) is 0 Å². The van der Waals surface area contributed by atoms with E-state index in [1.807, 2.05) is 26.2 Å². The molecule has 1 fully saturated rings. The van der Waals surface area contributed by atoms with Crippen molar-refractivity contribution in [1.82, 2.24) is 4.90 Å². The number of carboxylic acids is 1. The van der Waals surface area contributed by atoms with Crippen molar-refractivity contribution in [3.05, 3.63) is 29.8 Å². The van der Waals surface area contributed by atoms with Crippen LogP contribution in [-0.4, -0.2) is 42.7 Å². The second kappa shape index (κ2) is 5.40. The summed E-state index contributed by atoms with van der Waals surface area (Å²) in [5.41, 5.74) is 2.35. The van der Waals surface area contributed by atoms with Crippen LogP contribution in [0.25, 0.3) is 0 Å². The number of nitrogens with zero attached hydrogens (tertiary/aromatic N) is 2. The van der Waals surface area contributed by atoms with E-state index < -0.39 is 5.97 Å². The highest BCUT2D eigenvalue weighted by atomic mass is 16.4. The number of aliphatic carboxylic acids is 1. The lowest BCUT2D eigenvalue weighted by atomic mass is 10.1. The molecule has 1 saturated heterocycles. The summed E-state index contributed by atoms with van der Waals surface area (Å²) in [7, 11) is 4.02. The molecule has 1 aromatic carbocycles. The Bertz CT molecular complexity index is 432. The monoisotopic (exact) mass is 248 g/mol. The van der Waals surface area contributed by atoms with E-state index in [0.29, 0.717) is 6.54 Å². The van der Waals surface area contributed by atoms with Gasteiger partial charge in [0, 0.05) is 26.3 Å². The quantitative estimate of drug-likeness (QED) is 0.882. The van der Waals surface area contributed by atoms with Gasteiger partial charge in [-0.05, 0) is 31.0 Å². The van der Waals surface area contributed by atoms with E-state index in [2.05, 4.69) is 21.9 Å². The topological polar surface area (TPSA) is 43.8 Å². The minimum Gasteiger partial charge on any atom is -0.480 e. The average molecular weight is 248 g/mol. The van der Waals surface area contributed by atoms with Crippen LogP contribution >= 0.6 is 0 Å². The van der Waals surface area contributed by atoms with Gasteiger partial charge in [0.2, 0.25) is 0 Å². The van der Waals surface area contributed by atoms with Crippen molar-refractivity contribution in [2.24, 2.45) is 0 Å². The Kier molecular flexibility index (Phi) is 3.87. The molecule has 1 heterocycles. The largest absolute Gasteiger partial charge is 0.480 e. The lowest BCUT2D eigenvalue weighted by molar-refractivity contribution is -0.142. The molecule has 4 nitrogen and oxygen atoms in total. The molecule has 0 amide bonds. The number of para-hydroxylation sites is 1. The molecule has 1 aliphatic rings. The van der Waals surface area contributed by atoms with Crippen molar-refractivity contribution in [3.63, 3.8) is 0 Å². The van der Waals surface area contributed by atoms with Crippen LogP contribution in [0.5, 0.6) is 0 Å². The Morgan fingerprint density at radius 2 is 2.17 bits per heavy atom. The Hall–Kier alpha value is -1.55. The molecule has 1 aromatic rings. The predicted octanol–water partition coefficient (Wildman–Crippen LogP) is 1.80. The van der Waals surface area contributed by atoms with Gasteiger partial charge in [0.15, 0.2) is 0 Å². The summed E-state index contributed by atoms with van der Waals surface area (Å²) >= 11 is 0. The van der Waals surface area contributed by atoms with E-state index in [9.17, 15) is 9.90 Å². The number of carbonyl (C=O) groups is 1. The van der Waals surface area contributed by atoms with Crippen LogP contribution in [0.15, 0.2) is 24.3 Å². The molecule has 4 heteroatoms. The first-order chi connectivity index (χ1) is 8.59. The molecule has 98 valence electrons. The zero-order valence-electron chi connectivity index (χ0n) is 11.0. The van der Waals surface area contributed by atoms with Gasteiger partial charge in [-0.15, -0.1) is 0 Å². The van der Waals surface area contributed by atoms with Crippen LogP contribution in [0.3, 0.4) is 0 Å². The molecule has 0 aliphatic carbocycles. The summed E-state index contributed by atoms with van der Waals surface area (Å²) in [6, 6.07) is 7.85. The van der Waals surface area contributed by atoms with Gasteiger partial charge in [0.25, 0.3) is 0 Å². The molecule has 0 aromatic heterocycles. The normalized spacial score (nSPS) is 20.0. The Morgan fingerprint density at radius 3 is 2.83 bits per heavy atom. The lowest BCUT2D eigenvalue weighted by Crippen LogP contribution is -2.35. The van der Waals surface area contributed by atoms with Crippen LogP contribution < -0.4 is 4.90 Å². The summed E-state index contributed by atoms with van der Waals surface area (Å²) in [6.45, 7) is 1.59. The molecular formula is C14H20N2O2. The van der Waals surface area contributed by atoms with Crippen LogP contribution in [0, 0.1) is 0 Å². The van der Waals surface area contributed by atoms with Crippen molar-refractivity contribution in [2.45, 2.75) is 25.4 Å². The Balaban J connectivity index is 2.16. The third-order valence-corrected chi connectivity index (χ3v) is 3.50. The number of rotatable bonds is 4. The second-order valence-electron chi connectivity index (χ2n) is 4.99. The first-order valence-corrected chi connectivity index (χ1v) is 6.31. The number of likely N-dealkylation sites (tertiary alicyclic amines) is 1. The summed E-state index contributed by atoms with van der Waals surface area (Å²) in [5.74, 6) is -0.699. The number of anilines is 1. The highest BCUT2D eigenvalue weighted by Crippen LogP contribution is 2.25. The van der Waals surface area contributed by atoms with E-state index in [4.69, 9.17) is 0 Å². The van der Waals surface area contributed by atoms with Gasteiger partial charge in [-0.3, -0.25) is 9.69 Å². The smallest absolute Gasteiger partial charge is 0.320 e. The van der Waals surface area contributed by atoms with Gasteiger partial charge < -0.3 is 10.0 Å². The first-order valence-electron chi connectivity index (χ1n) is 6.31. The highest BCUT2D eigenvalue weighted by Gasteiger charge is 2.30. The summed E-state index contributed by atoms with van der Waals surface area (Å²) < 4.78 is 0. The first kappa shape index (κ1) is 12.9. The average Bonchev–Trinajstić information content (AvgIpc) is 2.77. The molecule has 0 unspecified atom stereocenters. The third-order valence-electron chi connectivity index (χ3n) is 3.50. The zero-order valence-corrected chi connectivity index (χ0v) is 11.0. The van der Waals surface area contributed by atoms with Gasteiger partial charge in [-0.25, -0.2) is 0 Å². The van der Waals surface area contributed by atoms with E-state index in [0.717, 1.165) is 25.1 Å². The van der Waals surface area contributed by atoms with Gasteiger partial charge in [0.05, 0.1) is 0 Å². The standard InChI is InChI=1S/C14H20N2O2/c1-15(2)12-7-4-3-6-11(12)10-16-9-5-8-13(16)14(17)18/h3-4,6-7,13H,5,8-10H2,1-2H3,(H,17,18)/t13-/m1/s1. The second-order valence-corrected chi connectivity index (χ2v) is 4.99. The molecule has 0 saturated carbocycles. The van der Waals surface area contributed by atoms with Crippen LogP contribution in [-0.2, 0) is 11.3 Å². The third kappa shape index (κ3) is 2.64. The Morgan fingerprint density at radius 1 is 1.44 bits per heavy atom. The number of hydrogen-bond acceptors (Lipinski definition) is 3. The van der Waals surface area contributed by atoms with Crippen LogP contribution in [0.1, 0.15) is 18.4 Å². The van der Waals surface area contributed by atoms with Gasteiger partial charge in [0.1, 0.15) is 6.04 Å². The summed E-state index contributed by atoms with van der Waals surface area (Å²) in [5, 5.41) is 9.19. The highest BCUT2D eigenvalue weighted by molar-refractivity contribution is 5.73. The minimum atomic E-state index is -0.699. The fourth-order valence-corrected chi connectivity index (χ4v) is 2.59. The molecule has 0 radical (unpaired) electrons. The fraction of sp³-hybridized carbons (Fsp3) is 0.500. The lowest BCUT2D eigenvalue weighted by Gasteiger charge is -2.24. The van der Waals surface area contributed by atoms with E-state index in [1.165, 1.54) is 5.56 Å². The minimum absolute atomic E-state index is 0.319. The molecule has 0 spiro atoms. The molecule has 18 heavy (non-hydrogen) atoms. The summed E-state index contributed by atoms with van der Waals surface area (Å²) in [6.07, 6.45) is 1.74. The van der Waals surface area contributed by atoms with Crippen molar-refractivity contribution in [2.75, 3.05) is 25.5 Å². The molecule has 2 rings (SSSR count). The Labute approximate surface area is 108 Å². The van der Waals surface area contributed by atoms with E-state index >= 15 is 0 Å². The maximum absolute atomic E-state index is 11.2. The number of benzene rings is 1. The molecular weight excluding hydrogens is 228 g/mol. The van der Waals surface area contributed by atoms with Crippen LogP contribution in [0.4, 0.5) is 5.69 Å².